The molecule has 0 aliphatic carbocycles. The van der Waals surface area contributed by atoms with E-state index in [0.29, 0.717) is 49.8 Å². The largest absolute Gasteiger partial charge is 0.340 e. The summed E-state index contributed by atoms with van der Waals surface area (Å²) in [6, 6.07) is 7.08. The number of rotatable bonds is 6. The van der Waals surface area contributed by atoms with Crippen molar-refractivity contribution < 1.29 is 13.2 Å². The van der Waals surface area contributed by atoms with E-state index in [4.69, 9.17) is 5.73 Å². The van der Waals surface area contributed by atoms with Crippen molar-refractivity contribution in [1.82, 2.24) is 9.21 Å². The Balaban J connectivity index is 1.98. The highest BCUT2D eigenvalue weighted by molar-refractivity contribution is 7.89. The molecule has 0 aromatic heterocycles. The van der Waals surface area contributed by atoms with Gasteiger partial charge in [-0.1, -0.05) is 26.0 Å². The SMILES string of the molecule is CC(N)CCC(=O)N1CCN(S(=O)(=O)c2ccc(C(C)C)cc2)CC1. The summed E-state index contributed by atoms with van der Waals surface area (Å²) in [5, 5.41) is 0. The van der Waals surface area contributed by atoms with Crippen LogP contribution in [-0.2, 0) is 14.8 Å². The van der Waals surface area contributed by atoms with Gasteiger partial charge in [-0.15, -0.1) is 0 Å². The molecule has 0 spiro atoms. The second-order valence-electron chi connectivity index (χ2n) is 7.02. The molecule has 1 aliphatic rings. The Morgan fingerprint density at radius 2 is 1.64 bits per heavy atom. The van der Waals surface area contributed by atoms with E-state index in [2.05, 4.69) is 13.8 Å². The van der Waals surface area contributed by atoms with Gasteiger partial charge in [0, 0.05) is 38.6 Å². The molecule has 6 nitrogen and oxygen atoms in total. The van der Waals surface area contributed by atoms with Crippen molar-refractivity contribution in [1.29, 1.82) is 0 Å². The summed E-state index contributed by atoms with van der Waals surface area (Å²) in [5.41, 5.74) is 6.80. The minimum absolute atomic E-state index is 0.000530. The lowest BCUT2D eigenvalue weighted by molar-refractivity contribution is -0.132. The molecule has 1 aliphatic heterocycles. The summed E-state index contributed by atoms with van der Waals surface area (Å²) in [4.78, 5) is 14.2. The predicted molar refractivity (Wildman–Crippen MR) is 98.8 cm³/mol. The molecule has 1 heterocycles. The molecule has 0 saturated carbocycles. The average molecular weight is 368 g/mol. The zero-order valence-corrected chi connectivity index (χ0v) is 16.1. The predicted octanol–water partition coefficient (Wildman–Crippen LogP) is 1.77. The number of nitrogens with zero attached hydrogens (tertiary/aromatic N) is 2. The highest BCUT2D eigenvalue weighted by Crippen LogP contribution is 2.21. The topological polar surface area (TPSA) is 83.7 Å². The van der Waals surface area contributed by atoms with Crippen LogP contribution in [0.5, 0.6) is 0 Å². The van der Waals surface area contributed by atoms with Crippen LogP contribution >= 0.6 is 0 Å². The summed E-state index contributed by atoms with van der Waals surface area (Å²) >= 11 is 0. The van der Waals surface area contributed by atoms with Gasteiger partial charge in [-0.3, -0.25) is 4.79 Å². The van der Waals surface area contributed by atoms with Crippen molar-refractivity contribution in [2.24, 2.45) is 5.73 Å². The van der Waals surface area contributed by atoms with Gasteiger partial charge in [0.25, 0.3) is 0 Å². The van der Waals surface area contributed by atoms with Gasteiger partial charge >= 0.3 is 0 Å². The Bertz CT molecular complexity index is 676. The first-order chi connectivity index (χ1) is 11.7. The van der Waals surface area contributed by atoms with Crippen LogP contribution in [0.1, 0.15) is 45.1 Å². The molecule has 0 bridgehead atoms. The fraction of sp³-hybridized carbons (Fsp3) is 0.611. The highest BCUT2D eigenvalue weighted by Gasteiger charge is 2.30. The van der Waals surface area contributed by atoms with E-state index in [9.17, 15) is 13.2 Å². The highest BCUT2D eigenvalue weighted by atomic mass is 32.2. The number of piperazine rings is 1. The molecule has 7 heteroatoms. The van der Waals surface area contributed by atoms with Crippen LogP contribution in [0.4, 0.5) is 0 Å². The Morgan fingerprint density at radius 3 is 2.12 bits per heavy atom. The molecule has 1 aromatic carbocycles. The Morgan fingerprint density at radius 1 is 1.08 bits per heavy atom. The van der Waals surface area contributed by atoms with Crippen molar-refractivity contribution in [3.05, 3.63) is 29.8 Å². The number of nitrogens with two attached hydrogens (primary N) is 1. The first kappa shape index (κ1) is 19.9. The molecule has 25 heavy (non-hydrogen) atoms. The van der Waals surface area contributed by atoms with E-state index in [0.717, 1.165) is 5.56 Å². The molecule has 2 N–H and O–H groups in total. The quantitative estimate of drug-likeness (QED) is 0.830. The number of carbonyl (C=O) groups is 1. The molecule has 140 valence electrons. The Labute approximate surface area is 151 Å². The van der Waals surface area contributed by atoms with Crippen LogP contribution in [0, 0.1) is 0 Å². The molecular formula is C18H29N3O3S. The summed E-state index contributed by atoms with van der Waals surface area (Å²) in [6.45, 7) is 7.55. The summed E-state index contributed by atoms with van der Waals surface area (Å²) in [7, 11) is -3.50. The maximum atomic E-state index is 12.8. The van der Waals surface area contributed by atoms with Crippen molar-refractivity contribution in [3.63, 3.8) is 0 Å². The molecule has 2 rings (SSSR count). The van der Waals surface area contributed by atoms with Crippen LogP contribution in [-0.4, -0.2) is 55.8 Å². The summed E-state index contributed by atoms with van der Waals surface area (Å²) in [5.74, 6) is 0.415. The maximum absolute atomic E-state index is 12.8. The Kier molecular flexibility index (Phi) is 6.59. The average Bonchev–Trinajstić information content (AvgIpc) is 2.59. The van der Waals surface area contributed by atoms with Gasteiger partial charge in [0.15, 0.2) is 0 Å². The van der Waals surface area contributed by atoms with Crippen LogP contribution in [0.3, 0.4) is 0 Å². The zero-order valence-electron chi connectivity index (χ0n) is 15.3. The number of hydrogen-bond donors (Lipinski definition) is 1. The van der Waals surface area contributed by atoms with Gasteiger partial charge in [0.05, 0.1) is 4.90 Å². The number of sulfonamides is 1. The summed E-state index contributed by atoms with van der Waals surface area (Å²) < 4.78 is 27.0. The molecular weight excluding hydrogens is 338 g/mol. The van der Waals surface area contributed by atoms with Gasteiger partial charge < -0.3 is 10.6 Å². The molecule has 1 aromatic rings. The van der Waals surface area contributed by atoms with E-state index in [1.165, 1.54) is 4.31 Å². The third kappa shape index (κ3) is 5.03. The van der Waals surface area contributed by atoms with E-state index in [1.807, 2.05) is 19.1 Å². The van der Waals surface area contributed by atoms with Crippen molar-refractivity contribution in [2.45, 2.75) is 50.5 Å². The second-order valence-corrected chi connectivity index (χ2v) is 8.96. The minimum Gasteiger partial charge on any atom is -0.340 e. The minimum atomic E-state index is -3.50. The van der Waals surface area contributed by atoms with Crippen LogP contribution in [0.25, 0.3) is 0 Å². The van der Waals surface area contributed by atoms with Crippen LogP contribution in [0.2, 0.25) is 0 Å². The van der Waals surface area contributed by atoms with Crippen LogP contribution in [0.15, 0.2) is 29.2 Å². The molecule has 1 fully saturated rings. The third-order valence-electron chi connectivity index (χ3n) is 4.59. The van der Waals surface area contributed by atoms with E-state index < -0.39 is 10.0 Å². The van der Waals surface area contributed by atoms with Crippen molar-refractivity contribution in [2.75, 3.05) is 26.2 Å². The number of benzene rings is 1. The number of amides is 1. The second kappa shape index (κ2) is 8.29. The van der Waals surface area contributed by atoms with Gasteiger partial charge in [0.1, 0.15) is 0 Å². The molecule has 1 saturated heterocycles. The molecule has 0 radical (unpaired) electrons. The number of hydrogen-bond acceptors (Lipinski definition) is 4. The molecule has 1 unspecified atom stereocenters. The zero-order chi connectivity index (χ0) is 18.6. The van der Waals surface area contributed by atoms with Crippen LogP contribution < -0.4 is 5.73 Å². The normalized spacial score (nSPS) is 17.7. The monoisotopic (exact) mass is 367 g/mol. The van der Waals surface area contributed by atoms with Gasteiger partial charge in [-0.05, 0) is 37.0 Å². The Hall–Kier alpha value is -1.44. The lowest BCUT2D eigenvalue weighted by Crippen LogP contribution is -2.50. The summed E-state index contributed by atoms with van der Waals surface area (Å²) in [6.07, 6.45) is 1.07. The van der Waals surface area contributed by atoms with Gasteiger partial charge in [-0.25, -0.2) is 8.42 Å². The van der Waals surface area contributed by atoms with Crippen molar-refractivity contribution >= 4 is 15.9 Å². The first-order valence-corrected chi connectivity index (χ1v) is 10.3. The molecule has 1 atom stereocenters. The molecule has 1 amide bonds. The standard InChI is InChI=1S/C18H29N3O3S/c1-14(2)16-5-7-17(8-6-16)25(23,24)21-12-10-20(11-13-21)18(22)9-4-15(3)19/h5-8,14-15H,4,9-13,19H2,1-3H3. The van der Waals surface area contributed by atoms with E-state index in [-0.39, 0.29) is 11.9 Å². The first-order valence-electron chi connectivity index (χ1n) is 8.85. The van der Waals surface area contributed by atoms with Gasteiger partial charge in [0.2, 0.25) is 15.9 Å². The number of carbonyl (C=O) groups excluding carboxylic acids is 1. The lowest BCUT2D eigenvalue weighted by atomic mass is 10.0. The van der Waals surface area contributed by atoms with E-state index >= 15 is 0 Å². The van der Waals surface area contributed by atoms with E-state index in [1.54, 1.807) is 17.0 Å². The smallest absolute Gasteiger partial charge is 0.243 e. The fourth-order valence-electron chi connectivity index (χ4n) is 2.86. The van der Waals surface area contributed by atoms with Gasteiger partial charge in [-0.2, -0.15) is 4.31 Å². The lowest BCUT2D eigenvalue weighted by Gasteiger charge is -2.34. The maximum Gasteiger partial charge on any atom is 0.243 e. The van der Waals surface area contributed by atoms with Crippen molar-refractivity contribution in [3.8, 4) is 0 Å². The fourth-order valence-corrected chi connectivity index (χ4v) is 4.28. The third-order valence-corrected chi connectivity index (χ3v) is 6.50.